The normalized spacial score (nSPS) is 10.1. The number of nitrogens with one attached hydrogen (secondary N) is 1. The molecule has 2 heterocycles. The summed E-state index contributed by atoms with van der Waals surface area (Å²) in [6.45, 7) is 0. The highest BCUT2D eigenvalue weighted by Crippen LogP contribution is 2.22. The fourth-order valence-electron chi connectivity index (χ4n) is 1.28. The van der Waals surface area contributed by atoms with Gasteiger partial charge in [-0.1, -0.05) is 23.2 Å². The van der Waals surface area contributed by atoms with Crippen LogP contribution in [0.3, 0.4) is 0 Å². The summed E-state index contributed by atoms with van der Waals surface area (Å²) in [4.78, 5) is 15.7. The second kappa shape index (κ2) is 5.20. The Morgan fingerprint density at radius 1 is 1.44 bits per heavy atom. The van der Waals surface area contributed by atoms with Crippen molar-refractivity contribution < 1.29 is 9.52 Å². The van der Waals surface area contributed by atoms with E-state index in [1.165, 1.54) is 30.6 Å². The largest absolute Gasteiger partial charge is 0.619 e. The summed E-state index contributed by atoms with van der Waals surface area (Å²) >= 11 is 11.6. The first-order valence-corrected chi connectivity index (χ1v) is 5.63. The predicted molar refractivity (Wildman–Crippen MR) is 67.6 cm³/mol. The minimum absolute atomic E-state index is 0.187. The van der Waals surface area contributed by atoms with Crippen LogP contribution in [0, 0.1) is 5.21 Å². The maximum Gasteiger partial charge on any atom is 0.262 e. The Morgan fingerprint density at radius 2 is 2.22 bits per heavy atom. The van der Waals surface area contributed by atoms with Crippen LogP contribution in [-0.4, -0.2) is 10.9 Å². The van der Waals surface area contributed by atoms with Gasteiger partial charge >= 0.3 is 0 Å². The highest BCUT2D eigenvalue weighted by atomic mass is 35.5. The molecule has 0 bridgehead atoms. The number of amides is 1. The van der Waals surface area contributed by atoms with Crippen molar-refractivity contribution in [3.8, 4) is 0 Å². The molecule has 0 fully saturated rings. The number of pyridine rings is 2. The zero-order valence-electron chi connectivity index (χ0n) is 8.93. The van der Waals surface area contributed by atoms with E-state index in [0.717, 1.165) is 6.20 Å². The molecule has 1 amide bonds. The fraction of sp³-hybridized carbons (Fsp3) is 0. The number of halogens is 2. The number of aromatic nitrogens is 2. The standard InChI is InChI=1S/C11H7Cl2N3O2/c12-8-4-9(13)10(14-5-8)15-11(17)7-2-1-3-16(18)6-7/h1-6H,(H,14,15,17). The van der Waals surface area contributed by atoms with Crippen LogP contribution in [0.1, 0.15) is 10.4 Å². The quantitative estimate of drug-likeness (QED) is 0.679. The lowest BCUT2D eigenvalue weighted by Gasteiger charge is -2.06. The van der Waals surface area contributed by atoms with Crippen LogP contribution >= 0.6 is 23.2 Å². The average Bonchev–Trinajstić information content (AvgIpc) is 2.32. The number of hydrogen-bond donors (Lipinski definition) is 1. The van der Waals surface area contributed by atoms with Gasteiger partial charge in [0, 0.05) is 12.3 Å². The van der Waals surface area contributed by atoms with Gasteiger partial charge in [0.25, 0.3) is 5.91 Å². The first-order valence-electron chi connectivity index (χ1n) is 4.87. The molecule has 0 aromatic carbocycles. The van der Waals surface area contributed by atoms with Crippen molar-refractivity contribution in [2.75, 3.05) is 5.32 Å². The van der Waals surface area contributed by atoms with Crippen LogP contribution in [0.25, 0.3) is 0 Å². The van der Waals surface area contributed by atoms with E-state index in [2.05, 4.69) is 10.3 Å². The fourth-order valence-corrected chi connectivity index (χ4v) is 1.70. The molecule has 7 heteroatoms. The summed E-state index contributed by atoms with van der Waals surface area (Å²) in [5, 5.41) is 14.1. The van der Waals surface area contributed by atoms with Gasteiger partial charge in [0.1, 0.15) is 5.56 Å². The van der Waals surface area contributed by atoms with Crippen LogP contribution < -0.4 is 10.0 Å². The van der Waals surface area contributed by atoms with Crippen LogP contribution in [0.2, 0.25) is 10.0 Å². The van der Waals surface area contributed by atoms with Crippen molar-refractivity contribution in [3.05, 3.63) is 57.6 Å². The molecule has 0 radical (unpaired) electrons. The summed E-state index contributed by atoms with van der Waals surface area (Å²) in [6.07, 6.45) is 3.80. The molecule has 5 nitrogen and oxygen atoms in total. The Morgan fingerprint density at radius 3 is 2.89 bits per heavy atom. The van der Waals surface area contributed by atoms with Crippen LogP contribution in [0.4, 0.5) is 5.82 Å². The Balaban J connectivity index is 2.21. The lowest BCUT2D eigenvalue weighted by Crippen LogP contribution is -2.27. The Bertz CT molecular complexity index is 605. The van der Waals surface area contributed by atoms with E-state index in [0.29, 0.717) is 9.75 Å². The number of carbonyl (C=O) groups excluding carboxylic acids is 1. The molecular weight excluding hydrogens is 277 g/mol. The SMILES string of the molecule is O=C(Nc1ncc(Cl)cc1Cl)c1ccc[n+]([O-])c1. The maximum atomic E-state index is 11.8. The zero-order valence-corrected chi connectivity index (χ0v) is 10.4. The highest BCUT2D eigenvalue weighted by Gasteiger charge is 2.12. The van der Waals surface area contributed by atoms with Crippen LogP contribution in [0.5, 0.6) is 0 Å². The number of anilines is 1. The molecule has 18 heavy (non-hydrogen) atoms. The van der Waals surface area contributed by atoms with Crippen molar-refractivity contribution in [2.24, 2.45) is 0 Å². The molecule has 0 atom stereocenters. The van der Waals surface area contributed by atoms with Crippen molar-refractivity contribution in [1.82, 2.24) is 4.98 Å². The zero-order chi connectivity index (χ0) is 13.1. The van der Waals surface area contributed by atoms with Gasteiger partial charge in [0.15, 0.2) is 18.2 Å². The van der Waals surface area contributed by atoms with Gasteiger partial charge in [0.05, 0.1) is 10.0 Å². The molecule has 2 aromatic rings. The van der Waals surface area contributed by atoms with Crippen LogP contribution in [-0.2, 0) is 0 Å². The van der Waals surface area contributed by atoms with Gasteiger partial charge in [0.2, 0.25) is 0 Å². The molecule has 2 aromatic heterocycles. The molecule has 0 spiro atoms. The lowest BCUT2D eigenvalue weighted by molar-refractivity contribution is -0.605. The molecule has 0 unspecified atom stereocenters. The third-order valence-corrected chi connectivity index (χ3v) is 2.57. The molecular formula is C11H7Cl2N3O2. The van der Waals surface area contributed by atoms with E-state index in [4.69, 9.17) is 23.2 Å². The average molecular weight is 284 g/mol. The summed E-state index contributed by atoms with van der Waals surface area (Å²) in [7, 11) is 0. The summed E-state index contributed by atoms with van der Waals surface area (Å²) in [5.74, 6) is -0.288. The monoisotopic (exact) mass is 283 g/mol. The van der Waals surface area contributed by atoms with Crippen molar-refractivity contribution in [3.63, 3.8) is 0 Å². The first kappa shape index (κ1) is 12.6. The Kier molecular flexibility index (Phi) is 3.64. The van der Waals surface area contributed by atoms with Crippen LogP contribution in [0.15, 0.2) is 36.8 Å². The first-order chi connectivity index (χ1) is 8.56. The predicted octanol–water partition coefficient (Wildman–Crippen LogP) is 2.27. The van der Waals surface area contributed by atoms with E-state index in [-0.39, 0.29) is 16.4 Å². The summed E-state index contributed by atoms with van der Waals surface area (Å²) in [5.41, 5.74) is 0.209. The molecule has 1 N–H and O–H groups in total. The molecule has 0 saturated carbocycles. The third-order valence-electron chi connectivity index (χ3n) is 2.08. The second-order valence-electron chi connectivity index (χ2n) is 3.39. The lowest BCUT2D eigenvalue weighted by atomic mass is 10.2. The minimum Gasteiger partial charge on any atom is -0.619 e. The maximum absolute atomic E-state index is 11.8. The van der Waals surface area contributed by atoms with Gasteiger partial charge in [-0.05, 0) is 12.1 Å². The number of hydrogen-bond acceptors (Lipinski definition) is 3. The van der Waals surface area contributed by atoms with Gasteiger partial charge in [-0.15, -0.1) is 0 Å². The third kappa shape index (κ3) is 2.88. The Labute approximate surface area is 113 Å². The van der Waals surface area contributed by atoms with Gasteiger partial charge < -0.3 is 10.5 Å². The molecule has 0 saturated heterocycles. The Hall–Kier alpha value is -1.85. The van der Waals surface area contributed by atoms with Crippen molar-refractivity contribution in [1.29, 1.82) is 0 Å². The number of rotatable bonds is 2. The molecule has 2 rings (SSSR count). The highest BCUT2D eigenvalue weighted by molar-refractivity contribution is 6.36. The molecule has 0 aliphatic heterocycles. The molecule has 0 aliphatic rings. The number of carbonyl (C=O) groups is 1. The van der Waals surface area contributed by atoms with E-state index in [1.54, 1.807) is 0 Å². The van der Waals surface area contributed by atoms with E-state index in [1.807, 2.05) is 0 Å². The minimum atomic E-state index is -0.475. The van der Waals surface area contributed by atoms with Crippen molar-refractivity contribution >= 4 is 34.9 Å². The van der Waals surface area contributed by atoms with Gasteiger partial charge in [-0.3, -0.25) is 4.79 Å². The van der Waals surface area contributed by atoms with E-state index < -0.39 is 5.91 Å². The molecule has 0 aliphatic carbocycles. The van der Waals surface area contributed by atoms with Crippen molar-refractivity contribution in [2.45, 2.75) is 0 Å². The van der Waals surface area contributed by atoms with Gasteiger partial charge in [-0.2, -0.15) is 4.73 Å². The number of nitrogens with zero attached hydrogens (tertiary/aromatic N) is 2. The van der Waals surface area contributed by atoms with Gasteiger partial charge in [-0.25, -0.2) is 4.98 Å². The second-order valence-corrected chi connectivity index (χ2v) is 4.23. The van der Waals surface area contributed by atoms with E-state index >= 15 is 0 Å². The topological polar surface area (TPSA) is 68.9 Å². The smallest absolute Gasteiger partial charge is 0.262 e. The molecule has 92 valence electrons. The summed E-state index contributed by atoms with van der Waals surface area (Å²) < 4.78 is 0.534. The van der Waals surface area contributed by atoms with E-state index in [9.17, 15) is 10.0 Å². The summed E-state index contributed by atoms with van der Waals surface area (Å²) in [6, 6.07) is 4.44.